The van der Waals surface area contributed by atoms with Crippen LogP contribution >= 0.6 is 54.5 Å². The summed E-state index contributed by atoms with van der Waals surface area (Å²) in [7, 11) is 0. The maximum absolute atomic E-state index is 3.56. The SMILES string of the molecule is Brc1cc2ccc(-c3ccc4cc(Br)sc4c3)cc2s1. The molecule has 0 aliphatic carbocycles. The average molecular weight is 424 g/mol. The molecule has 0 spiro atoms. The smallest absolute Gasteiger partial charge is 0.0711 e. The summed E-state index contributed by atoms with van der Waals surface area (Å²) in [6, 6.07) is 17.7. The van der Waals surface area contributed by atoms with Crippen LogP contribution < -0.4 is 0 Å². The van der Waals surface area contributed by atoms with E-state index in [9.17, 15) is 0 Å². The van der Waals surface area contributed by atoms with Crippen molar-refractivity contribution < 1.29 is 0 Å². The lowest BCUT2D eigenvalue weighted by atomic mass is 10.0. The molecule has 0 atom stereocenters. The van der Waals surface area contributed by atoms with Gasteiger partial charge in [0.1, 0.15) is 0 Å². The van der Waals surface area contributed by atoms with Gasteiger partial charge in [-0.3, -0.25) is 0 Å². The van der Waals surface area contributed by atoms with Gasteiger partial charge in [-0.2, -0.15) is 0 Å². The molecule has 0 saturated heterocycles. The monoisotopic (exact) mass is 422 g/mol. The van der Waals surface area contributed by atoms with Crippen LogP contribution in [-0.2, 0) is 0 Å². The summed E-state index contributed by atoms with van der Waals surface area (Å²) < 4.78 is 5.01. The van der Waals surface area contributed by atoms with E-state index in [0.29, 0.717) is 0 Å². The molecule has 0 aliphatic heterocycles. The Labute approximate surface area is 141 Å². The summed E-state index contributed by atoms with van der Waals surface area (Å²) in [5.74, 6) is 0. The fourth-order valence-electron chi connectivity index (χ4n) is 2.36. The highest BCUT2D eigenvalue weighted by Gasteiger charge is 2.05. The minimum Gasteiger partial charge on any atom is -0.128 e. The molecule has 0 fully saturated rings. The van der Waals surface area contributed by atoms with E-state index in [-0.39, 0.29) is 0 Å². The molecule has 98 valence electrons. The van der Waals surface area contributed by atoms with Crippen molar-refractivity contribution >= 4 is 74.7 Å². The van der Waals surface area contributed by atoms with Crippen molar-refractivity contribution in [3.05, 3.63) is 56.1 Å². The Balaban J connectivity index is 1.90. The van der Waals surface area contributed by atoms with Crippen LogP contribution in [-0.4, -0.2) is 0 Å². The first-order valence-electron chi connectivity index (χ1n) is 6.08. The fraction of sp³-hybridized carbons (Fsp3) is 0. The summed E-state index contributed by atoms with van der Waals surface area (Å²) in [5.41, 5.74) is 2.55. The molecule has 20 heavy (non-hydrogen) atoms. The lowest BCUT2D eigenvalue weighted by molar-refractivity contribution is 1.72. The second-order valence-electron chi connectivity index (χ2n) is 4.61. The van der Waals surface area contributed by atoms with Crippen LogP contribution in [0.2, 0.25) is 0 Å². The molecule has 2 heterocycles. The molecule has 2 aromatic heterocycles. The predicted molar refractivity (Wildman–Crippen MR) is 98.0 cm³/mol. The normalized spacial score (nSPS) is 11.5. The van der Waals surface area contributed by atoms with Crippen LogP contribution in [0, 0.1) is 0 Å². The second kappa shape index (κ2) is 4.95. The first-order chi connectivity index (χ1) is 9.69. The molecule has 0 aliphatic rings. The maximum Gasteiger partial charge on any atom is 0.0711 e. The van der Waals surface area contributed by atoms with Gasteiger partial charge in [-0.05, 0) is 78.0 Å². The number of fused-ring (bicyclic) bond motifs is 2. The van der Waals surface area contributed by atoms with E-state index < -0.39 is 0 Å². The van der Waals surface area contributed by atoms with Crippen LogP contribution in [0.1, 0.15) is 0 Å². The Morgan fingerprint density at radius 3 is 1.50 bits per heavy atom. The Kier molecular flexibility index (Phi) is 3.22. The Hall–Kier alpha value is -0.680. The van der Waals surface area contributed by atoms with Crippen molar-refractivity contribution in [1.82, 2.24) is 0 Å². The third kappa shape index (κ3) is 2.25. The van der Waals surface area contributed by atoms with Crippen molar-refractivity contribution in [2.75, 3.05) is 0 Å². The lowest BCUT2D eigenvalue weighted by Crippen LogP contribution is -1.76. The van der Waals surface area contributed by atoms with Crippen molar-refractivity contribution in [3.8, 4) is 11.1 Å². The Bertz CT molecular complexity index is 856. The van der Waals surface area contributed by atoms with Gasteiger partial charge >= 0.3 is 0 Å². The summed E-state index contributed by atoms with van der Waals surface area (Å²) in [6.07, 6.45) is 0. The zero-order chi connectivity index (χ0) is 13.7. The Morgan fingerprint density at radius 2 is 1.05 bits per heavy atom. The summed E-state index contributed by atoms with van der Waals surface area (Å²) in [5, 5.41) is 2.59. The van der Waals surface area contributed by atoms with Gasteiger partial charge in [0.2, 0.25) is 0 Å². The average Bonchev–Trinajstić information content (AvgIpc) is 2.97. The number of hydrogen-bond donors (Lipinski definition) is 0. The molecule has 0 bridgehead atoms. The van der Waals surface area contributed by atoms with Crippen LogP contribution in [0.5, 0.6) is 0 Å². The number of benzene rings is 2. The van der Waals surface area contributed by atoms with Crippen molar-refractivity contribution in [2.24, 2.45) is 0 Å². The third-order valence-electron chi connectivity index (χ3n) is 3.31. The standard InChI is InChI=1S/C16H8Br2S2/c17-15-7-11-3-1-9(5-13(11)19-15)10-2-4-12-8-16(18)20-14(12)6-10/h1-8H. The summed E-state index contributed by atoms with van der Waals surface area (Å²) >= 11 is 10.7. The van der Waals surface area contributed by atoms with Crippen molar-refractivity contribution in [1.29, 1.82) is 0 Å². The number of hydrogen-bond acceptors (Lipinski definition) is 2. The van der Waals surface area contributed by atoms with Gasteiger partial charge in [0, 0.05) is 9.40 Å². The zero-order valence-electron chi connectivity index (χ0n) is 10.2. The van der Waals surface area contributed by atoms with Crippen LogP contribution in [0.25, 0.3) is 31.3 Å². The molecular formula is C16H8Br2S2. The molecule has 0 N–H and O–H groups in total. The van der Waals surface area contributed by atoms with Gasteiger partial charge in [-0.15, -0.1) is 22.7 Å². The number of rotatable bonds is 1. The lowest BCUT2D eigenvalue weighted by Gasteiger charge is -2.02. The van der Waals surface area contributed by atoms with E-state index in [1.54, 1.807) is 22.7 Å². The highest BCUT2D eigenvalue weighted by atomic mass is 79.9. The number of halogens is 2. The molecule has 0 nitrogen and oxygen atoms in total. The van der Waals surface area contributed by atoms with E-state index in [0.717, 1.165) is 0 Å². The van der Waals surface area contributed by atoms with E-state index in [2.05, 4.69) is 80.4 Å². The maximum atomic E-state index is 3.56. The minimum absolute atomic E-state index is 1.18. The van der Waals surface area contributed by atoms with Gasteiger partial charge in [0.15, 0.2) is 0 Å². The first-order valence-corrected chi connectivity index (χ1v) is 9.29. The molecular weight excluding hydrogens is 416 g/mol. The van der Waals surface area contributed by atoms with E-state index in [4.69, 9.17) is 0 Å². The highest BCUT2D eigenvalue weighted by Crippen LogP contribution is 2.36. The van der Waals surface area contributed by atoms with E-state index >= 15 is 0 Å². The molecule has 0 radical (unpaired) electrons. The molecule has 4 rings (SSSR count). The van der Waals surface area contributed by atoms with E-state index in [1.165, 1.54) is 38.9 Å². The molecule has 0 saturated carbocycles. The minimum atomic E-state index is 1.18. The highest BCUT2D eigenvalue weighted by molar-refractivity contribution is 9.11. The summed E-state index contributed by atoms with van der Waals surface area (Å²) in [6.45, 7) is 0. The van der Waals surface area contributed by atoms with Gasteiger partial charge in [0.25, 0.3) is 0 Å². The molecule has 4 aromatic rings. The van der Waals surface area contributed by atoms with Gasteiger partial charge in [-0.25, -0.2) is 0 Å². The fourth-order valence-corrected chi connectivity index (χ4v) is 5.55. The van der Waals surface area contributed by atoms with Crippen molar-refractivity contribution in [2.45, 2.75) is 0 Å². The molecule has 2 aromatic carbocycles. The predicted octanol–water partition coefficient (Wildman–Crippen LogP) is 7.31. The van der Waals surface area contributed by atoms with Crippen molar-refractivity contribution in [3.63, 3.8) is 0 Å². The van der Waals surface area contributed by atoms with Crippen LogP contribution in [0.4, 0.5) is 0 Å². The topological polar surface area (TPSA) is 0 Å². The second-order valence-corrected chi connectivity index (χ2v) is 9.53. The Morgan fingerprint density at radius 1 is 0.600 bits per heavy atom. The van der Waals surface area contributed by atoms with Gasteiger partial charge < -0.3 is 0 Å². The zero-order valence-corrected chi connectivity index (χ0v) is 15.0. The number of thiophene rings is 2. The third-order valence-corrected chi connectivity index (χ3v) is 6.52. The summed E-state index contributed by atoms with van der Waals surface area (Å²) in [4.78, 5) is 0. The largest absolute Gasteiger partial charge is 0.128 e. The van der Waals surface area contributed by atoms with E-state index in [1.807, 2.05) is 0 Å². The van der Waals surface area contributed by atoms with Gasteiger partial charge in [0.05, 0.1) is 7.57 Å². The molecule has 0 unspecified atom stereocenters. The quantitative estimate of drug-likeness (QED) is 0.301. The van der Waals surface area contributed by atoms with Crippen LogP contribution in [0.3, 0.4) is 0 Å². The molecule has 4 heteroatoms. The van der Waals surface area contributed by atoms with Crippen LogP contribution in [0.15, 0.2) is 56.1 Å². The first kappa shape index (κ1) is 13.0. The molecule has 0 amide bonds. The van der Waals surface area contributed by atoms with Gasteiger partial charge in [-0.1, -0.05) is 24.3 Å².